The highest BCUT2D eigenvalue weighted by Crippen LogP contribution is 2.27. The summed E-state index contributed by atoms with van der Waals surface area (Å²) in [6.07, 6.45) is 0. The van der Waals surface area contributed by atoms with Gasteiger partial charge in [-0.3, -0.25) is 25.0 Å². The third kappa shape index (κ3) is 5.34. The van der Waals surface area contributed by atoms with E-state index in [0.717, 1.165) is 23.5 Å². The zero-order valence-corrected chi connectivity index (χ0v) is 15.8. The van der Waals surface area contributed by atoms with Crippen molar-refractivity contribution in [3.05, 3.63) is 70.3 Å². The van der Waals surface area contributed by atoms with Gasteiger partial charge in [-0.2, -0.15) is 0 Å². The number of non-ortho nitro benzene ring substituents is 1. The molecule has 3 rings (SSSR count). The second-order valence-electron chi connectivity index (χ2n) is 5.34. The van der Waals surface area contributed by atoms with Crippen LogP contribution in [0.5, 0.6) is 0 Å². The number of hydrogen-bond acceptors (Lipinski definition) is 9. The molecule has 28 heavy (non-hydrogen) atoms. The number of nitro benzene ring substituents is 1. The second kappa shape index (κ2) is 9.06. The first-order chi connectivity index (χ1) is 13.5. The largest absolute Gasteiger partial charge is 0.330 e. The van der Waals surface area contributed by atoms with E-state index in [1.165, 1.54) is 29.5 Å². The molecule has 142 valence electrons. The van der Waals surface area contributed by atoms with Gasteiger partial charge in [-0.05, 0) is 18.2 Å². The Morgan fingerprint density at radius 3 is 2.64 bits per heavy atom. The average molecular weight is 415 g/mol. The Labute approximate surface area is 167 Å². The van der Waals surface area contributed by atoms with Gasteiger partial charge in [0.15, 0.2) is 4.34 Å². The molecule has 0 fully saturated rings. The summed E-state index contributed by atoms with van der Waals surface area (Å²) >= 11 is 2.42. The number of benzene rings is 2. The van der Waals surface area contributed by atoms with Crippen LogP contribution < -0.4 is 10.6 Å². The maximum atomic E-state index is 12.0. The van der Waals surface area contributed by atoms with Crippen LogP contribution >= 0.6 is 23.1 Å². The quantitative estimate of drug-likeness (QED) is 0.342. The fourth-order valence-electron chi connectivity index (χ4n) is 2.09. The summed E-state index contributed by atoms with van der Waals surface area (Å²) in [6, 6.07) is 14.6. The van der Waals surface area contributed by atoms with Crippen LogP contribution in [0.15, 0.2) is 58.9 Å². The third-order valence-corrected chi connectivity index (χ3v) is 5.30. The van der Waals surface area contributed by atoms with Crippen LogP contribution in [-0.2, 0) is 4.79 Å². The number of anilines is 2. The van der Waals surface area contributed by atoms with Gasteiger partial charge in [-0.25, -0.2) is 0 Å². The molecular weight excluding hydrogens is 402 g/mol. The van der Waals surface area contributed by atoms with Crippen molar-refractivity contribution in [1.82, 2.24) is 15.5 Å². The zero-order valence-electron chi connectivity index (χ0n) is 14.2. The van der Waals surface area contributed by atoms with Crippen molar-refractivity contribution in [2.75, 3.05) is 11.1 Å². The van der Waals surface area contributed by atoms with Crippen LogP contribution in [0.1, 0.15) is 10.4 Å². The molecule has 0 atom stereocenters. The van der Waals surface area contributed by atoms with Crippen LogP contribution in [0.4, 0.5) is 16.5 Å². The normalized spacial score (nSPS) is 10.3. The molecule has 0 spiro atoms. The number of thioether (sulfide) groups is 1. The smallest absolute Gasteiger partial charge is 0.270 e. The standard InChI is InChI=1S/C17H13N5O4S2/c23-14(19-15(24)11-5-4-8-13(9-11)22(25)26)10-27-17-21-20-16(28-17)18-12-6-2-1-3-7-12/h1-9H,10H2,(H,18,20)(H,19,23,24). The van der Waals surface area contributed by atoms with E-state index in [2.05, 4.69) is 20.8 Å². The van der Waals surface area contributed by atoms with E-state index in [9.17, 15) is 19.7 Å². The average Bonchev–Trinajstić information content (AvgIpc) is 3.14. The minimum Gasteiger partial charge on any atom is -0.330 e. The predicted molar refractivity (Wildman–Crippen MR) is 106 cm³/mol. The lowest BCUT2D eigenvalue weighted by Crippen LogP contribution is -2.31. The van der Waals surface area contributed by atoms with Crippen LogP contribution in [0.25, 0.3) is 0 Å². The maximum Gasteiger partial charge on any atom is 0.270 e. The summed E-state index contributed by atoms with van der Waals surface area (Å²) in [7, 11) is 0. The fraction of sp³-hybridized carbons (Fsp3) is 0.0588. The Hall–Kier alpha value is -3.31. The number of amides is 2. The van der Waals surface area contributed by atoms with Crippen molar-refractivity contribution in [2.24, 2.45) is 0 Å². The lowest BCUT2D eigenvalue weighted by molar-refractivity contribution is -0.384. The Kier molecular flexibility index (Phi) is 6.29. The summed E-state index contributed by atoms with van der Waals surface area (Å²) in [5.74, 6) is -1.27. The number of carbonyl (C=O) groups is 2. The lowest BCUT2D eigenvalue weighted by atomic mass is 10.2. The number of nitrogens with zero attached hydrogens (tertiary/aromatic N) is 3. The molecule has 1 aromatic heterocycles. The summed E-state index contributed by atoms with van der Waals surface area (Å²) < 4.78 is 0.566. The Balaban J connectivity index is 1.51. The molecule has 0 unspecified atom stereocenters. The first-order valence-corrected chi connectivity index (χ1v) is 9.68. The van der Waals surface area contributed by atoms with E-state index in [1.807, 2.05) is 30.3 Å². The molecule has 9 nitrogen and oxygen atoms in total. The van der Waals surface area contributed by atoms with Crippen molar-refractivity contribution in [3.8, 4) is 0 Å². The summed E-state index contributed by atoms with van der Waals surface area (Å²) in [5, 5.41) is 24.6. The molecule has 2 aromatic carbocycles. The zero-order chi connectivity index (χ0) is 19.9. The number of imide groups is 1. The van der Waals surface area contributed by atoms with E-state index in [1.54, 1.807) is 0 Å². The molecule has 0 bridgehead atoms. The van der Waals surface area contributed by atoms with E-state index in [0.29, 0.717) is 9.47 Å². The van der Waals surface area contributed by atoms with Gasteiger partial charge < -0.3 is 5.32 Å². The Bertz CT molecular complexity index is 1010. The van der Waals surface area contributed by atoms with Crippen molar-refractivity contribution in [1.29, 1.82) is 0 Å². The van der Waals surface area contributed by atoms with Gasteiger partial charge in [-0.15, -0.1) is 10.2 Å². The number of hydrogen-bond donors (Lipinski definition) is 2. The number of rotatable bonds is 7. The molecule has 1 heterocycles. The molecule has 0 radical (unpaired) electrons. The van der Waals surface area contributed by atoms with Crippen molar-refractivity contribution in [3.63, 3.8) is 0 Å². The summed E-state index contributed by atoms with van der Waals surface area (Å²) in [5.41, 5.74) is 0.690. The molecule has 0 aliphatic heterocycles. The molecule has 0 saturated carbocycles. The molecular formula is C17H13N5O4S2. The first-order valence-electron chi connectivity index (χ1n) is 7.88. The SMILES string of the molecule is O=C(CSc1nnc(Nc2ccccc2)s1)NC(=O)c1cccc([N+](=O)[O-])c1. The van der Waals surface area contributed by atoms with Gasteiger partial charge >= 0.3 is 0 Å². The highest BCUT2D eigenvalue weighted by atomic mass is 32.2. The second-order valence-corrected chi connectivity index (χ2v) is 7.54. The van der Waals surface area contributed by atoms with E-state index in [4.69, 9.17) is 0 Å². The van der Waals surface area contributed by atoms with E-state index < -0.39 is 16.7 Å². The molecule has 2 amide bonds. The number of aromatic nitrogens is 2. The first kappa shape index (κ1) is 19.5. The van der Waals surface area contributed by atoms with E-state index >= 15 is 0 Å². The monoisotopic (exact) mass is 415 g/mol. The minimum atomic E-state index is -0.696. The molecule has 3 aromatic rings. The van der Waals surface area contributed by atoms with E-state index in [-0.39, 0.29) is 17.0 Å². The highest BCUT2D eigenvalue weighted by molar-refractivity contribution is 8.01. The molecule has 0 saturated heterocycles. The van der Waals surface area contributed by atoms with Crippen molar-refractivity contribution < 1.29 is 14.5 Å². The fourth-order valence-corrected chi connectivity index (χ4v) is 3.66. The lowest BCUT2D eigenvalue weighted by Gasteiger charge is -2.03. The highest BCUT2D eigenvalue weighted by Gasteiger charge is 2.15. The summed E-state index contributed by atoms with van der Waals surface area (Å²) in [4.78, 5) is 34.2. The van der Waals surface area contributed by atoms with Crippen LogP contribution in [0, 0.1) is 10.1 Å². The molecule has 2 N–H and O–H groups in total. The van der Waals surface area contributed by atoms with Crippen LogP contribution in [0.3, 0.4) is 0 Å². The van der Waals surface area contributed by atoms with Crippen molar-refractivity contribution >= 4 is 51.4 Å². The van der Waals surface area contributed by atoms with Gasteiger partial charge in [-0.1, -0.05) is 47.4 Å². The minimum absolute atomic E-state index is 0.0396. The third-order valence-electron chi connectivity index (χ3n) is 3.33. The molecule has 0 aliphatic carbocycles. The van der Waals surface area contributed by atoms with Crippen molar-refractivity contribution in [2.45, 2.75) is 4.34 Å². The van der Waals surface area contributed by atoms with Gasteiger partial charge in [0.25, 0.3) is 11.6 Å². The number of para-hydroxylation sites is 1. The van der Waals surface area contributed by atoms with Crippen LogP contribution in [0.2, 0.25) is 0 Å². The van der Waals surface area contributed by atoms with Crippen LogP contribution in [-0.4, -0.2) is 32.7 Å². The Morgan fingerprint density at radius 1 is 1.11 bits per heavy atom. The van der Waals surface area contributed by atoms with Gasteiger partial charge in [0.1, 0.15) is 0 Å². The predicted octanol–water partition coefficient (Wildman–Crippen LogP) is 3.24. The van der Waals surface area contributed by atoms with Gasteiger partial charge in [0, 0.05) is 23.4 Å². The maximum absolute atomic E-state index is 12.0. The van der Waals surface area contributed by atoms with Gasteiger partial charge in [0.05, 0.1) is 10.7 Å². The number of nitrogens with one attached hydrogen (secondary N) is 2. The summed E-state index contributed by atoms with van der Waals surface area (Å²) in [6.45, 7) is 0. The Morgan fingerprint density at radius 2 is 1.89 bits per heavy atom. The topological polar surface area (TPSA) is 127 Å². The number of carbonyl (C=O) groups excluding carboxylic acids is 2. The molecule has 11 heteroatoms. The molecule has 0 aliphatic rings. The van der Waals surface area contributed by atoms with Gasteiger partial charge in [0.2, 0.25) is 11.0 Å². The number of nitro groups is 1.